The predicted octanol–water partition coefficient (Wildman–Crippen LogP) is 6.07. The van der Waals surface area contributed by atoms with E-state index in [2.05, 4.69) is 85.0 Å². The molecule has 0 unspecified atom stereocenters. The normalized spacial score (nSPS) is 16.6. The number of benzene rings is 1. The second kappa shape index (κ2) is 16.0. The lowest BCUT2D eigenvalue weighted by atomic mass is 10.1. The number of hydrogen-bond acceptors (Lipinski definition) is 11. The van der Waals surface area contributed by atoms with Crippen molar-refractivity contribution in [1.29, 1.82) is 0 Å². The Morgan fingerprint density at radius 1 is 0.692 bits per heavy atom. The van der Waals surface area contributed by atoms with E-state index < -0.39 is 5.82 Å². The van der Waals surface area contributed by atoms with Crippen molar-refractivity contribution in [3.63, 3.8) is 0 Å². The van der Waals surface area contributed by atoms with Crippen LogP contribution in [0.1, 0.15) is 50.7 Å². The van der Waals surface area contributed by atoms with Crippen LogP contribution in [0.15, 0.2) is 55.0 Å². The van der Waals surface area contributed by atoms with E-state index in [1.54, 1.807) is 6.20 Å². The molecule has 13 heteroatoms. The second-order valence-corrected chi connectivity index (χ2v) is 14.2. The fraction of sp³-hybridized carbons (Fsp3) is 0.462. The van der Waals surface area contributed by atoms with Gasteiger partial charge in [0.1, 0.15) is 23.0 Å². The van der Waals surface area contributed by atoms with Gasteiger partial charge in [0.05, 0.1) is 23.1 Å². The summed E-state index contributed by atoms with van der Waals surface area (Å²) in [5, 5.41) is 6.69. The lowest BCUT2D eigenvalue weighted by Crippen LogP contribution is -2.45. The quantitative estimate of drug-likeness (QED) is 0.158. The molecule has 0 amide bonds. The zero-order chi connectivity index (χ0) is 36.2. The van der Waals surface area contributed by atoms with Crippen LogP contribution in [0.3, 0.4) is 0 Å². The van der Waals surface area contributed by atoms with Gasteiger partial charge in [-0.05, 0) is 69.3 Å². The van der Waals surface area contributed by atoms with Gasteiger partial charge >= 0.3 is 0 Å². The SMILES string of the molecule is CCN1CCN(Cc2ccc(Nc3ncc(Nc4ccc(CN5CCN(CC)CC5)cn4)c(-c4cc(F)c5nc(C)n(C(C)C)c5c4)n3)nc2)CC1. The molecule has 7 rings (SSSR count). The molecule has 2 aliphatic heterocycles. The van der Waals surface area contributed by atoms with Crippen molar-refractivity contribution in [3.8, 4) is 11.3 Å². The molecule has 2 saturated heterocycles. The molecule has 6 heterocycles. The smallest absolute Gasteiger partial charge is 0.229 e. The molecule has 52 heavy (non-hydrogen) atoms. The van der Waals surface area contributed by atoms with E-state index in [0.717, 1.165) is 101 Å². The van der Waals surface area contributed by atoms with Crippen LogP contribution in [0.25, 0.3) is 22.3 Å². The Morgan fingerprint density at radius 2 is 1.25 bits per heavy atom. The van der Waals surface area contributed by atoms with Gasteiger partial charge in [-0.15, -0.1) is 0 Å². The van der Waals surface area contributed by atoms with Gasteiger partial charge in [0.2, 0.25) is 5.95 Å². The third kappa shape index (κ3) is 8.23. The maximum atomic E-state index is 15.7. The maximum absolute atomic E-state index is 15.7. The molecule has 0 aliphatic carbocycles. The van der Waals surface area contributed by atoms with E-state index in [1.165, 1.54) is 6.07 Å². The van der Waals surface area contributed by atoms with Crippen molar-refractivity contribution in [2.75, 3.05) is 76.1 Å². The van der Waals surface area contributed by atoms with Crippen LogP contribution in [0, 0.1) is 12.7 Å². The molecule has 2 N–H and O–H groups in total. The van der Waals surface area contributed by atoms with Crippen molar-refractivity contribution in [2.45, 2.75) is 53.8 Å². The zero-order valence-electron chi connectivity index (χ0n) is 31.1. The Morgan fingerprint density at radius 3 is 1.77 bits per heavy atom. The van der Waals surface area contributed by atoms with E-state index in [1.807, 2.05) is 42.1 Å². The second-order valence-electron chi connectivity index (χ2n) is 14.2. The molecule has 5 aromatic rings. The molecule has 274 valence electrons. The molecule has 0 atom stereocenters. The first-order valence-electron chi connectivity index (χ1n) is 18.6. The number of anilines is 4. The van der Waals surface area contributed by atoms with Crippen molar-refractivity contribution in [2.24, 2.45) is 0 Å². The fourth-order valence-corrected chi connectivity index (χ4v) is 7.29. The lowest BCUT2D eigenvalue weighted by Gasteiger charge is -2.33. The number of halogens is 1. The summed E-state index contributed by atoms with van der Waals surface area (Å²) in [7, 11) is 0. The summed E-state index contributed by atoms with van der Waals surface area (Å²) in [4.78, 5) is 33.4. The maximum Gasteiger partial charge on any atom is 0.229 e. The summed E-state index contributed by atoms with van der Waals surface area (Å²) in [6, 6.07) is 11.7. The van der Waals surface area contributed by atoms with Gasteiger partial charge in [0.15, 0.2) is 5.82 Å². The summed E-state index contributed by atoms with van der Waals surface area (Å²) >= 11 is 0. The molecule has 0 saturated carbocycles. The summed E-state index contributed by atoms with van der Waals surface area (Å²) in [6.07, 6.45) is 5.54. The first kappa shape index (κ1) is 35.8. The van der Waals surface area contributed by atoms with Crippen LogP contribution in [0.4, 0.5) is 27.7 Å². The highest BCUT2D eigenvalue weighted by Crippen LogP contribution is 2.34. The number of pyridine rings is 2. The molecule has 12 nitrogen and oxygen atoms in total. The standard InChI is InChI=1S/C39H51FN12/c1-6-48-12-16-50(17-13-48)25-29-8-10-35(41-22-29)45-33-24-43-39(46-36-11-9-30(23-42-36)26-51-18-14-49(7-2)15-19-51)47-37(33)31-20-32(40)38-34(21-31)52(27(3)4)28(5)44-38/h8-11,20-24,27H,6-7,12-19,25-26H2,1-5H3,(H,41,45)(H,42,43,46,47). The summed E-state index contributed by atoms with van der Waals surface area (Å²) in [5.41, 5.74) is 5.14. The van der Waals surface area contributed by atoms with Gasteiger partial charge < -0.3 is 25.0 Å². The molecule has 0 bridgehead atoms. The largest absolute Gasteiger partial charge is 0.337 e. The van der Waals surface area contributed by atoms with Crippen LogP contribution in [0.5, 0.6) is 0 Å². The number of aromatic nitrogens is 6. The minimum Gasteiger partial charge on any atom is -0.337 e. The Kier molecular flexibility index (Phi) is 11.0. The van der Waals surface area contributed by atoms with Crippen molar-refractivity contribution >= 4 is 34.3 Å². The van der Waals surface area contributed by atoms with Gasteiger partial charge in [0.25, 0.3) is 0 Å². The summed E-state index contributed by atoms with van der Waals surface area (Å²) in [6.45, 7) is 23.1. The molecule has 0 spiro atoms. The summed E-state index contributed by atoms with van der Waals surface area (Å²) in [5.74, 6) is 2.01. The number of nitrogens with one attached hydrogen (secondary N) is 2. The van der Waals surface area contributed by atoms with E-state index >= 15 is 4.39 Å². The Hall–Kier alpha value is -4.56. The van der Waals surface area contributed by atoms with Gasteiger partial charge in [-0.25, -0.2) is 29.3 Å². The highest BCUT2D eigenvalue weighted by Gasteiger charge is 2.20. The molecule has 4 aromatic heterocycles. The van der Waals surface area contributed by atoms with E-state index in [4.69, 9.17) is 9.97 Å². The number of likely N-dealkylation sites (N-methyl/N-ethyl adjacent to an activating group) is 2. The topological polar surface area (TPSA) is 106 Å². The van der Waals surface area contributed by atoms with E-state index in [0.29, 0.717) is 40.0 Å². The van der Waals surface area contributed by atoms with Crippen LogP contribution in [-0.4, -0.2) is 115 Å². The number of aryl methyl sites for hydroxylation is 1. The average Bonchev–Trinajstić information content (AvgIpc) is 3.51. The minimum absolute atomic E-state index is 0.105. The van der Waals surface area contributed by atoms with E-state index in [9.17, 15) is 0 Å². The monoisotopic (exact) mass is 706 g/mol. The number of hydrogen-bond donors (Lipinski definition) is 2. The Bertz CT molecular complexity index is 1940. The van der Waals surface area contributed by atoms with Crippen molar-refractivity contribution < 1.29 is 4.39 Å². The third-order valence-electron chi connectivity index (χ3n) is 10.3. The van der Waals surface area contributed by atoms with Crippen molar-refractivity contribution in [3.05, 3.63) is 77.8 Å². The number of fused-ring (bicyclic) bond motifs is 1. The van der Waals surface area contributed by atoms with Gasteiger partial charge in [-0.2, -0.15) is 0 Å². The number of rotatable bonds is 12. The summed E-state index contributed by atoms with van der Waals surface area (Å²) < 4.78 is 17.8. The lowest BCUT2D eigenvalue weighted by molar-refractivity contribution is 0.132. The molecule has 1 aromatic carbocycles. The molecular weight excluding hydrogens is 656 g/mol. The molecule has 0 radical (unpaired) electrons. The first-order chi connectivity index (χ1) is 25.3. The average molecular weight is 707 g/mol. The highest BCUT2D eigenvalue weighted by molar-refractivity contribution is 5.86. The number of imidazole rings is 1. The van der Waals surface area contributed by atoms with Crippen LogP contribution < -0.4 is 10.6 Å². The third-order valence-corrected chi connectivity index (χ3v) is 10.3. The molecule has 2 fully saturated rings. The van der Waals surface area contributed by atoms with Gasteiger partial charge in [0, 0.05) is 89.4 Å². The van der Waals surface area contributed by atoms with Crippen LogP contribution in [-0.2, 0) is 13.1 Å². The van der Waals surface area contributed by atoms with Gasteiger partial charge in [-0.1, -0.05) is 26.0 Å². The number of piperazine rings is 2. The Balaban J connectivity index is 1.13. The Labute approximate surface area is 306 Å². The zero-order valence-corrected chi connectivity index (χ0v) is 31.1. The highest BCUT2D eigenvalue weighted by atomic mass is 19.1. The van der Waals surface area contributed by atoms with Crippen molar-refractivity contribution in [1.82, 2.24) is 49.1 Å². The van der Waals surface area contributed by atoms with Crippen LogP contribution in [0.2, 0.25) is 0 Å². The first-order valence-corrected chi connectivity index (χ1v) is 18.6. The predicted molar refractivity (Wildman–Crippen MR) is 206 cm³/mol. The van der Waals surface area contributed by atoms with Gasteiger partial charge in [-0.3, -0.25) is 9.80 Å². The van der Waals surface area contributed by atoms with E-state index in [-0.39, 0.29) is 6.04 Å². The minimum atomic E-state index is -0.398. The number of nitrogens with zero attached hydrogens (tertiary/aromatic N) is 10. The molecule has 2 aliphatic rings. The van der Waals surface area contributed by atoms with Crippen LogP contribution >= 0.6 is 0 Å². The fourth-order valence-electron chi connectivity index (χ4n) is 7.29. The molecular formula is C39H51FN12.